The number of halogens is 1. The lowest BCUT2D eigenvalue weighted by atomic mass is 10.0. The average molecular weight is 280 g/mol. The van der Waals surface area contributed by atoms with Crippen LogP contribution < -0.4 is 5.32 Å². The van der Waals surface area contributed by atoms with Crippen LogP contribution in [-0.4, -0.2) is 41.0 Å². The van der Waals surface area contributed by atoms with Crippen molar-refractivity contribution in [1.82, 2.24) is 10.2 Å². The highest BCUT2D eigenvalue weighted by molar-refractivity contribution is 5.96. The van der Waals surface area contributed by atoms with Gasteiger partial charge in [-0.05, 0) is 31.0 Å². The summed E-state index contributed by atoms with van der Waals surface area (Å²) in [6, 6.07) is 3.39. The van der Waals surface area contributed by atoms with Crippen LogP contribution in [0.4, 0.5) is 4.39 Å². The molecule has 2 amide bonds. The Kier molecular flexibility index (Phi) is 4.22. The van der Waals surface area contributed by atoms with Crippen molar-refractivity contribution < 1.29 is 19.1 Å². The second-order valence-electron chi connectivity index (χ2n) is 4.93. The molecule has 0 spiro atoms. The van der Waals surface area contributed by atoms with Crippen LogP contribution in [0.15, 0.2) is 18.2 Å². The molecule has 6 heteroatoms. The Balaban J connectivity index is 2.01. The molecule has 1 aromatic carbocycles. The first kappa shape index (κ1) is 14.3. The van der Waals surface area contributed by atoms with Crippen molar-refractivity contribution in [3.63, 3.8) is 0 Å². The number of nitrogens with zero attached hydrogens (tertiary/aromatic N) is 1. The van der Waals surface area contributed by atoms with Gasteiger partial charge in [-0.1, -0.05) is 0 Å². The molecule has 0 radical (unpaired) electrons. The molecule has 0 atom stereocenters. The van der Waals surface area contributed by atoms with E-state index in [9.17, 15) is 19.1 Å². The Hall–Kier alpha value is -2.11. The van der Waals surface area contributed by atoms with Gasteiger partial charge in [0.15, 0.2) is 0 Å². The molecule has 108 valence electrons. The highest BCUT2D eigenvalue weighted by Gasteiger charge is 2.25. The maximum Gasteiger partial charge on any atom is 0.257 e. The molecule has 0 aliphatic carbocycles. The van der Waals surface area contributed by atoms with Gasteiger partial charge in [0, 0.05) is 26.1 Å². The maximum absolute atomic E-state index is 13.2. The number of benzene rings is 1. The molecule has 1 aliphatic heterocycles. The van der Waals surface area contributed by atoms with Gasteiger partial charge >= 0.3 is 0 Å². The summed E-state index contributed by atoms with van der Waals surface area (Å²) in [6.07, 6.45) is 1.31. The lowest BCUT2D eigenvalue weighted by Crippen LogP contribution is -2.46. The van der Waals surface area contributed by atoms with Gasteiger partial charge in [0.05, 0.1) is 5.56 Å². The van der Waals surface area contributed by atoms with Gasteiger partial charge in [0.1, 0.15) is 11.6 Å². The van der Waals surface area contributed by atoms with E-state index < -0.39 is 5.82 Å². The predicted molar refractivity (Wildman–Crippen MR) is 70.8 cm³/mol. The molecule has 1 aliphatic rings. The van der Waals surface area contributed by atoms with Crippen molar-refractivity contribution in [3.05, 3.63) is 29.6 Å². The second-order valence-corrected chi connectivity index (χ2v) is 4.93. The van der Waals surface area contributed by atoms with Crippen LogP contribution in [0.3, 0.4) is 0 Å². The molecule has 1 heterocycles. The number of aromatic hydroxyl groups is 1. The standard InChI is InChI=1S/C14H17FN2O3/c1-9(18)16-11-4-6-17(7-5-11)14(20)12-8-10(15)2-3-13(12)19/h2-3,8,11,19H,4-7H2,1H3,(H,16,18). The van der Waals surface area contributed by atoms with E-state index in [1.807, 2.05) is 0 Å². The number of likely N-dealkylation sites (tertiary alicyclic amines) is 1. The lowest BCUT2D eigenvalue weighted by molar-refractivity contribution is -0.119. The third-order valence-electron chi connectivity index (χ3n) is 3.38. The van der Waals surface area contributed by atoms with Crippen molar-refractivity contribution in [1.29, 1.82) is 0 Å². The monoisotopic (exact) mass is 280 g/mol. The number of hydrogen-bond donors (Lipinski definition) is 2. The molecule has 20 heavy (non-hydrogen) atoms. The fourth-order valence-electron chi connectivity index (χ4n) is 2.36. The summed E-state index contributed by atoms with van der Waals surface area (Å²) >= 11 is 0. The molecule has 1 fully saturated rings. The second kappa shape index (κ2) is 5.90. The molecule has 2 N–H and O–H groups in total. The number of rotatable bonds is 2. The van der Waals surface area contributed by atoms with E-state index in [4.69, 9.17) is 0 Å². The van der Waals surface area contributed by atoms with Crippen molar-refractivity contribution in [2.45, 2.75) is 25.8 Å². The van der Waals surface area contributed by atoms with Crippen LogP contribution in [0.5, 0.6) is 5.75 Å². The Labute approximate surface area is 116 Å². The van der Waals surface area contributed by atoms with Crippen LogP contribution in [0.25, 0.3) is 0 Å². The summed E-state index contributed by atoms with van der Waals surface area (Å²) in [5.41, 5.74) is -0.0250. The van der Waals surface area contributed by atoms with Crippen LogP contribution in [0.2, 0.25) is 0 Å². The zero-order valence-corrected chi connectivity index (χ0v) is 11.2. The highest BCUT2D eigenvalue weighted by Crippen LogP contribution is 2.21. The number of piperidine rings is 1. The zero-order valence-electron chi connectivity index (χ0n) is 11.2. The van der Waals surface area contributed by atoms with E-state index in [-0.39, 0.29) is 29.2 Å². The third-order valence-corrected chi connectivity index (χ3v) is 3.38. The Bertz CT molecular complexity index is 525. The topological polar surface area (TPSA) is 69.6 Å². The van der Waals surface area contributed by atoms with E-state index in [0.29, 0.717) is 25.9 Å². The fourth-order valence-corrected chi connectivity index (χ4v) is 2.36. The van der Waals surface area contributed by atoms with Gasteiger partial charge in [-0.25, -0.2) is 4.39 Å². The summed E-state index contributed by atoms with van der Waals surface area (Å²) < 4.78 is 13.2. The molecule has 0 bridgehead atoms. The van der Waals surface area contributed by atoms with E-state index in [0.717, 1.165) is 12.1 Å². The van der Waals surface area contributed by atoms with Gasteiger partial charge in [-0.2, -0.15) is 0 Å². The largest absolute Gasteiger partial charge is 0.507 e. The number of carbonyl (C=O) groups excluding carboxylic acids is 2. The minimum Gasteiger partial charge on any atom is -0.507 e. The maximum atomic E-state index is 13.2. The number of phenols is 1. The van der Waals surface area contributed by atoms with Gasteiger partial charge in [0.2, 0.25) is 5.91 Å². The molecule has 0 saturated carbocycles. The van der Waals surface area contributed by atoms with E-state index in [2.05, 4.69) is 5.32 Å². The lowest BCUT2D eigenvalue weighted by Gasteiger charge is -2.32. The number of amides is 2. The Morgan fingerprint density at radius 3 is 2.60 bits per heavy atom. The van der Waals surface area contributed by atoms with E-state index >= 15 is 0 Å². The first-order valence-corrected chi connectivity index (χ1v) is 6.52. The van der Waals surface area contributed by atoms with Crippen molar-refractivity contribution >= 4 is 11.8 Å². The molecule has 0 unspecified atom stereocenters. The molecule has 5 nitrogen and oxygen atoms in total. The molecular formula is C14H17FN2O3. The normalized spacial score (nSPS) is 16.0. The smallest absolute Gasteiger partial charge is 0.257 e. The summed E-state index contributed by atoms with van der Waals surface area (Å²) in [4.78, 5) is 24.7. The van der Waals surface area contributed by atoms with Gasteiger partial charge in [-0.15, -0.1) is 0 Å². The summed E-state index contributed by atoms with van der Waals surface area (Å²) in [7, 11) is 0. The van der Waals surface area contributed by atoms with Crippen molar-refractivity contribution in [3.8, 4) is 5.75 Å². The SMILES string of the molecule is CC(=O)NC1CCN(C(=O)c2cc(F)ccc2O)CC1. The number of phenolic OH excluding ortho intramolecular Hbond substituents is 1. The fraction of sp³-hybridized carbons (Fsp3) is 0.429. The average Bonchev–Trinajstić information content (AvgIpc) is 2.41. The number of carbonyl (C=O) groups is 2. The van der Waals surface area contributed by atoms with Crippen LogP contribution >= 0.6 is 0 Å². The highest BCUT2D eigenvalue weighted by atomic mass is 19.1. The van der Waals surface area contributed by atoms with Gasteiger partial charge in [-0.3, -0.25) is 9.59 Å². The Morgan fingerprint density at radius 2 is 2.00 bits per heavy atom. The van der Waals surface area contributed by atoms with E-state index in [1.54, 1.807) is 4.90 Å². The minimum atomic E-state index is -0.556. The predicted octanol–water partition coefficient (Wildman–Crippen LogP) is 1.27. The van der Waals surface area contributed by atoms with E-state index in [1.165, 1.54) is 13.0 Å². The molecule has 0 aromatic heterocycles. The number of nitrogens with one attached hydrogen (secondary N) is 1. The third kappa shape index (κ3) is 3.26. The summed E-state index contributed by atoms with van der Waals surface area (Å²) in [5, 5.41) is 12.5. The summed E-state index contributed by atoms with van der Waals surface area (Å²) in [6.45, 7) is 2.40. The molecule has 2 rings (SSSR count). The first-order chi connectivity index (χ1) is 9.47. The molecular weight excluding hydrogens is 263 g/mol. The van der Waals surface area contributed by atoms with Crippen molar-refractivity contribution in [2.75, 3.05) is 13.1 Å². The first-order valence-electron chi connectivity index (χ1n) is 6.52. The number of hydrogen-bond acceptors (Lipinski definition) is 3. The van der Waals surface area contributed by atoms with Crippen molar-refractivity contribution in [2.24, 2.45) is 0 Å². The summed E-state index contributed by atoms with van der Waals surface area (Å²) in [5.74, 6) is -1.25. The zero-order chi connectivity index (χ0) is 14.7. The quantitative estimate of drug-likeness (QED) is 0.857. The minimum absolute atomic E-state index is 0.0250. The Morgan fingerprint density at radius 1 is 1.35 bits per heavy atom. The van der Waals surface area contributed by atoms with Crippen LogP contribution in [0.1, 0.15) is 30.1 Å². The van der Waals surface area contributed by atoms with Crippen LogP contribution in [-0.2, 0) is 4.79 Å². The van der Waals surface area contributed by atoms with Crippen LogP contribution in [0, 0.1) is 5.82 Å². The molecule has 1 saturated heterocycles. The van der Waals surface area contributed by atoms with Gasteiger partial charge in [0.25, 0.3) is 5.91 Å². The van der Waals surface area contributed by atoms with Gasteiger partial charge < -0.3 is 15.3 Å². The molecule has 1 aromatic rings.